The first-order chi connectivity index (χ1) is 10.5. The van der Waals surface area contributed by atoms with Gasteiger partial charge in [-0.05, 0) is 30.7 Å². The lowest BCUT2D eigenvalue weighted by Crippen LogP contribution is -2.18. The van der Waals surface area contributed by atoms with Gasteiger partial charge in [-0.15, -0.1) is 0 Å². The summed E-state index contributed by atoms with van der Waals surface area (Å²) in [5.41, 5.74) is 3.72. The Bertz CT molecular complexity index is 759. The summed E-state index contributed by atoms with van der Waals surface area (Å²) in [7, 11) is 0. The maximum atomic E-state index is 11.9. The van der Waals surface area contributed by atoms with Gasteiger partial charge in [0.1, 0.15) is 0 Å². The lowest BCUT2D eigenvalue weighted by atomic mass is 10.1. The molecule has 2 aromatic rings. The minimum atomic E-state index is -0.514. The Kier molecular flexibility index (Phi) is 4.85. The van der Waals surface area contributed by atoms with E-state index in [1.54, 1.807) is 30.3 Å². The number of hydrogen-bond donors (Lipinski definition) is 1. The number of hydrogen-bond acceptors (Lipinski definition) is 4. The molecule has 112 valence electrons. The van der Waals surface area contributed by atoms with Crippen LogP contribution in [0, 0.1) is 17.0 Å². The van der Waals surface area contributed by atoms with E-state index in [9.17, 15) is 14.9 Å². The Hall–Kier alpha value is -2.73. The van der Waals surface area contributed by atoms with Gasteiger partial charge in [-0.3, -0.25) is 14.9 Å². The standard InChI is InChI=1S/C15H12ClN3O3/c1-10-6-7-12(13(16)8-10)15(20)18-17-9-11-4-2-3-5-14(11)19(21)22/h2-9H,1H3,(H,18,20)/b17-9+. The normalized spacial score (nSPS) is 10.6. The second-order valence-electron chi connectivity index (χ2n) is 4.50. The number of carbonyl (C=O) groups is 1. The quantitative estimate of drug-likeness (QED) is 0.533. The second kappa shape index (κ2) is 6.82. The molecule has 6 nitrogen and oxygen atoms in total. The molecule has 0 atom stereocenters. The van der Waals surface area contributed by atoms with Crippen molar-refractivity contribution in [1.82, 2.24) is 5.43 Å². The maximum Gasteiger partial charge on any atom is 0.278 e. The number of para-hydroxylation sites is 1. The van der Waals surface area contributed by atoms with Crippen LogP contribution in [0.2, 0.25) is 5.02 Å². The van der Waals surface area contributed by atoms with Crippen molar-refractivity contribution in [3.8, 4) is 0 Å². The van der Waals surface area contributed by atoms with Gasteiger partial charge in [-0.1, -0.05) is 29.8 Å². The van der Waals surface area contributed by atoms with Gasteiger partial charge < -0.3 is 0 Å². The number of nitro benzene ring substituents is 1. The first-order valence-electron chi connectivity index (χ1n) is 6.32. The van der Waals surface area contributed by atoms with Crippen LogP contribution in [0.5, 0.6) is 0 Å². The molecule has 0 bridgehead atoms. The van der Waals surface area contributed by atoms with Crippen molar-refractivity contribution in [1.29, 1.82) is 0 Å². The second-order valence-corrected chi connectivity index (χ2v) is 4.91. The van der Waals surface area contributed by atoms with E-state index in [1.807, 2.05) is 6.92 Å². The fourth-order valence-corrected chi connectivity index (χ4v) is 2.11. The average molecular weight is 318 g/mol. The summed E-state index contributed by atoms with van der Waals surface area (Å²) >= 11 is 5.99. The molecule has 0 saturated heterocycles. The molecule has 2 rings (SSSR count). The lowest BCUT2D eigenvalue weighted by Gasteiger charge is -2.03. The summed E-state index contributed by atoms with van der Waals surface area (Å²) < 4.78 is 0. The monoisotopic (exact) mass is 317 g/mol. The molecular formula is C15H12ClN3O3. The van der Waals surface area contributed by atoms with E-state index in [1.165, 1.54) is 18.3 Å². The highest BCUT2D eigenvalue weighted by atomic mass is 35.5. The number of carbonyl (C=O) groups excluding carboxylic acids is 1. The third-order valence-corrected chi connectivity index (χ3v) is 3.19. The van der Waals surface area contributed by atoms with E-state index in [0.29, 0.717) is 10.6 Å². The van der Waals surface area contributed by atoms with Gasteiger partial charge in [0.2, 0.25) is 0 Å². The van der Waals surface area contributed by atoms with Crippen molar-refractivity contribution in [2.75, 3.05) is 0 Å². The average Bonchev–Trinajstić information content (AvgIpc) is 2.47. The van der Waals surface area contributed by atoms with Crippen LogP contribution in [0.25, 0.3) is 0 Å². The maximum absolute atomic E-state index is 11.9. The summed E-state index contributed by atoms with van der Waals surface area (Å²) in [6.45, 7) is 1.86. The Morgan fingerprint density at radius 3 is 2.73 bits per heavy atom. The zero-order valence-electron chi connectivity index (χ0n) is 11.6. The molecule has 1 N–H and O–H groups in total. The van der Waals surface area contributed by atoms with Crippen LogP contribution in [0.15, 0.2) is 47.6 Å². The summed E-state index contributed by atoms with van der Waals surface area (Å²) in [5, 5.41) is 14.9. The smallest absolute Gasteiger partial charge is 0.267 e. The number of amides is 1. The number of nitrogens with one attached hydrogen (secondary N) is 1. The lowest BCUT2D eigenvalue weighted by molar-refractivity contribution is -0.385. The predicted molar refractivity (Wildman–Crippen MR) is 84.3 cm³/mol. The Labute approximate surface area is 131 Å². The molecule has 1 amide bonds. The Morgan fingerprint density at radius 2 is 2.05 bits per heavy atom. The van der Waals surface area contributed by atoms with Gasteiger partial charge in [0.15, 0.2) is 0 Å². The molecule has 0 radical (unpaired) electrons. The molecule has 22 heavy (non-hydrogen) atoms. The zero-order valence-corrected chi connectivity index (χ0v) is 12.4. The van der Waals surface area contributed by atoms with Crippen molar-refractivity contribution in [3.05, 3.63) is 74.3 Å². The topological polar surface area (TPSA) is 84.6 Å². The fraction of sp³-hybridized carbons (Fsp3) is 0.0667. The molecule has 0 aromatic heterocycles. The molecule has 0 heterocycles. The summed E-state index contributed by atoms with van der Waals surface area (Å²) in [6, 6.07) is 11.1. The molecule has 0 fully saturated rings. The number of hydrazone groups is 1. The van der Waals surface area contributed by atoms with Crippen LogP contribution < -0.4 is 5.43 Å². The third-order valence-electron chi connectivity index (χ3n) is 2.87. The van der Waals surface area contributed by atoms with Crippen molar-refractivity contribution >= 4 is 29.4 Å². The van der Waals surface area contributed by atoms with Gasteiger partial charge in [0.05, 0.1) is 27.3 Å². The number of rotatable bonds is 4. The Morgan fingerprint density at radius 1 is 1.32 bits per heavy atom. The highest BCUT2D eigenvalue weighted by Crippen LogP contribution is 2.17. The van der Waals surface area contributed by atoms with E-state index >= 15 is 0 Å². The van der Waals surface area contributed by atoms with Crippen LogP contribution >= 0.6 is 11.6 Å². The number of nitrogens with zero attached hydrogens (tertiary/aromatic N) is 2. The largest absolute Gasteiger partial charge is 0.278 e. The summed E-state index contributed by atoms with van der Waals surface area (Å²) in [6.07, 6.45) is 1.22. The van der Waals surface area contributed by atoms with Crippen molar-refractivity contribution in [3.63, 3.8) is 0 Å². The molecule has 0 aliphatic carbocycles. The summed E-state index contributed by atoms with van der Waals surface area (Å²) in [5.74, 6) is -0.486. The number of aryl methyl sites for hydroxylation is 1. The molecule has 0 aliphatic heterocycles. The van der Waals surface area contributed by atoms with E-state index in [0.717, 1.165) is 5.56 Å². The van der Waals surface area contributed by atoms with Crippen LogP contribution in [0.4, 0.5) is 5.69 Å². The highest BCUT2D eigenvalue weighted by Gasteiger charge is 2.11. The molecule has 0 unspecified atom stereocenters. The molecule has 2 aromatic carbocycles. The minimum Gasteiger partial charge on any atom is -0.267 e. The van der Waals surface area contributed by atoms with Crippen LogP contribution in [-0.2, 0) is 0 Å². The van der Waals surface area contributed by atoms with Crippen molar-refractivity contribution in [2.24, 2.45) is 5.10 Å². The highest BCUT2D eigenvalue weighted by molar-refractivity contribution is 6.33. The van der Waals surface area contributed by atoms with Crippen LogP contribution in [-0.4, -0.2) is 17.0 Å². The van der Waals surface area contributed by atoms with Crippen molar-refractivity contribution in [2.45, 2.75) is 6.92 Å². The number of benzene rings is 2. The van der Waals surface area contributed by atoms with Crippen molar-refractivity contribution < 1.29 is 9.72 Å². The van der Waals surface area contributed by atoms with Crippen LogP contribution in [0.3, 0.4) is 0 Å². The SMILES string of the molecule is Cc1ccc(C(=O)N/N=C/c2ccccc2[N+](=O)[O-])c(Cl)c1. The molecular weight excluding hydrogens is 306 g/mol. The zero-order chi connectivity index (χ0) is 16.1. The van der Waals surface area contributed by atoms with E-state index in [2.05, 4.69) is 10.5 Å². The predicted octanol–water partition coefficient (Wildman–Crippen LogP) is 3.32. The van der Waals surface area contributed by atoms with Gasteiger partial charge in [-0.2, -0.15) is 5.10 Å². The molecule has 7 heteroatoms. The molecule has 0 aliphatic rings. The van der Waals surface area contributed by atoms with Crippen LogP contribution in [0.1, 0.15) is 21.5 Å². The van der Waals surface area contributed by atoms with Gasteiger partial charge in [0.25, 0.3) is 11.6 Å². The van der Waals surface area contributed by atoms with Gasteiger partial charge in [-0.25, -0.2) is 5.43 Å². The Balaban J connectivity index is 2.13. The van der Waals surface area contributed by atoms with E-state index in [4.69, 9.17) is 11.6 Å². The first kappa shape index (κ1) is 15.7. The van der Waals surface area contributed by atoms with Gasteiger partial charge in [0, 0.05) is 6.07 Å². The molecule has 0 saturated carbocycles. The van der Waals surface area contributed by atoms with Gasteiger partial charge >= 0.3 is 0 Å². The summed E-state index contributed by atoms with van der Waals surface area (Å²) in [4.78, 5) is 22.3. The minimum absolute atomic E-state index is 0.0890. The van der Waals surface area contributed by atoms with E-state index < -0.39 is 10.8 Å². The number of halogens is 1. The fourth-order valence-electron chi connectivity index (χ4n) is 1.79. The first-order valence-corrected chi connectivity index (χ1v) is 6.70. The van der Waals surface area contributed by atoms with E-state index in [-0.39, 0.29) is 11.3 Å². The third kappa shape index (κ3) is 3.67. The number of nitro groups is 1. The molecule has 0 spiro atoms.